The average molecular weight is 466 g/mol. The van der Waals surface area contributed by atoms with Gasteiger partial charge in [0.05, 0.1) is 39.8 Å². The Balaban J connectivity index is 1.40. The normalized spacial score (nSPS) is 23.0. The number of anilines is 2. The van der Waals surface area contributed by atoms with Crippen LogP contribution in [0.4, 0.5) is 11.5 Å². The molecule has 1 aromatic carbocycles. The number of hydrogen-bond donors (Lipinski definition) is 2. The van der Waals surface area contributed by atoms with Crippen molar-refractivity contribution in [3.05, 3.63) is 47.1 Å². The van der Waals surface area contributed by atoms with Gasteiger partial charge in [-0.25, -0.2) is 9.97 Å². The Morgan fingerprint density at radius 1 is 1.24 bits per heavy atom. The van der Waals surface area contributed by atoms with Crippen molar-refractivity contribution in [2.75, 3.05) is 24.7 Å². The van der Waals surface area contributed by atoms with Crippen molar-refractivity contribution in [2.24, 2.45) is 5.92 Å². The molecular formula is C24H27N5O3S. The van der Waals surface area contributed by atoms with Crippen molar-refractivity contribution in [3.8, 4) is 0 Å². The number of nitrogens with two attached hydrogens (primary N) is 1. The van der Waals surface area contributed by atoms with Crippen molar-refractivity contribution >= 4 is 44.9 Å². The first-order valence-electron chi connectivity index (χ1n) is 11.2. The second kappa shape index (κ2) is 8.72. The quantitative estimate of drug-likeness (QED) is 0.568. The second-order valence-electron chi connectivity index (χ2n) is 8.97. The number of nitrogens with one attached hydrogen (secondary N) is 1. The lowest BCUT2D eigenvalue weighted by Crippen LogP contribution is -2.50. The summed E-state index contributed by atoms with van der Waals surface area (Å²) in [5.41, 5.74) is 11.1. The number of rotatable bonds is 4. The third-order valence-electron chi connectivity index (χ3n) is 6.67. The van der Waals surface area contributed by atoms with Crippen LogP contribution in [-0.2, 0) is 14.3 Å². The Kier molecular flexibility index (Phi) is 5.76. The van der Waals surface area contributed by atoms with Crippen molar-refractivity contribution in [1.29, 1.82) is 0 Å². The fourth-order valence-electron chi connectivity index (χ4n) is 4.68. The van der Waals surface area contributed by atoms with Gasteiger partial charge in [0.25, 0.3) is 0 Å². The highest BCUT2D eigenvalue weighted by Gasteiger charge is 2.39. The number of carbonyl (C=O) groups excluding carboxylic acids is 2. The highest BCUT2D eigenvalue weighted by Crippen LogP contribution is 2.43. The third kappa shape index (κ3) is 4.30. The Hall–Kier alpha value is -3.04. The second-order valence-corrected chi connectivity index (χ2v) is 9.85. The van der Waals surface area contributed by atoms with Crippen LogP contribution in [0.25, 0.3) is 10.2 Å². The van der Waals surface area contributed by atoms with E-state index in [9.17, 15) is 9.59 Å². The number of benzene rings is 1. The molecule has 3 heterocycles. The predicted octanol–water partition coefficient (Wildman–Crippen LogP) is 3.71. The maximum absolute atomic E-state index is 13.4. The molecule has 0 radical (unpaired) electrons. The number of nitrogens with zero attached hydrogens (tertiary/aromatic N) is 3. The van der Waals surface area contributed by atoms with E-state index in [1.54, 1.807) is 23.3 Å². The van der Waals surface area contributed by atoms with E-state index in [1.807, 2.05) is 36.7 Å². The van der Waals surface area contributed by atoms with Crippen LogP contribution < -0.4 is 11.1 Å². The van der Waals surface area contributed by atoms with Crippen molar-refractivity contribution in [2.45, 2.75) is 44.2 Å². The Morgan fingerprint density at radius 2 is 2.06 bits per heavy atom. The summed E-state index contributed by atoms with van der Waals surface area (Å²) in [6, 6.07) is 7.59. The molecule has 9 heteroatoms. The van der Waals surface area contributed by atoms with E-state index < -0.39 is 11.8 Å². The summed E-state index contributed by atoms with van der Waals surface area (Å²) in [6.07, 6.45) is 4.25. The third-order valence-corrected chi connectivity index (χ3v) is 7.48. The number of carbonyl (C=O) groups is 2. The van der Waals surface area contributed by atoms with Gasteiger partial charge < -0.3 is 20.7 Å². The van der Waals surface area contributed by atoms with Gasteiger partial charge in [-0.2, -0.15) is 0 Å². The minimum absolute atomic E-state index is 0.00404. The molecule has 1 saturated carbocycles. The standard InChI is InChI=1S/C24H27N5O3S/c1-13-11-29(19(9-20(13)32-2)15-5-6-21-18(7-15)27-12-33-21)24(31)23(30)28-16-8-17(14-3-4-14)22(25)26-10-16/h5-8,10,12-14,19-20H,3-4,9,11H2,1-2H3,(H2,25,26)(H,28,30)/t13-,19-,20?/m0/s1. The molecule has 8 nitrogen and oxygen atoms in total. The van der Waals surface area contributed by atoms with E-state index in [0.717, 1.165) is 34.2 Å². The van der Waals surface area contributed by atoms with E-state index in [4.69, 9.17) is 10.5 Å². The maximum atomic E-state index is 13.4. The molecule has 2 amide bonds. The Bertz CT molecular complexity index is 1210. The number of likely N-dealkylation sites (tertiary alicyclic amines) is 1. The average Bonchev–Trinajstić information content (AvgIpc) is 3.55. The van der Waals surface area contributed by atoms with E-state index in [1.165, 1.54) is 6.20 Å². The van der Waals surface area contributed by atoms with Gasteiger partial charge in [0.2, 0.25) is 0 Å². The zero-order valence-corrected chi connectivity index (χ0v) is 19.5. The molecule has 1 aliphatic heterocycles. The van der Waals surface area contributed by atoms with Gasteiger partial charge in [-0.3, -0.25) is 9.59 Å². The minimum Gasteiger partial charge on any atom is -0.383 e. The van der Waals surface area contributed by atoms with Gasteiger partial charge in [-0.05, 0) is 54.5 Å². The number of amides is 2. The first-order chi connectivity index (χ1) is 15.9. The molecule has 3 atom stereocenters. The van der Waals surface area contributed by atoms with E-state index in [2.05, 4.69) is 15.3 Å². The number of piperidine rings is 1. The molecule has 33 heavy (non-hydrogen) atoms. The number of aromatic nitrogens is 2. The fourth-order valence-corrected chi connectivity index (χ4v) is 5.34. The van der Waals surface area contributed by atoms with Crippen LogP contribution in [0, 0.1) is 5.92 Å². The monoisotopic (exact) mass is 465 g/mol. The highest BCUT2D eigenvalue weighted by atomic mass is 32.1. The van der Waals surface area contributed by atoms with E-state index >= 15 is 0 Å². The zero-order valence-electron chi connectivity index (χ0n) is 18.7. The summed E-state index contributed by atoms with van der Waals surface area (Å²) in [5, 5.41) is 2.74. The number of thiazole rings is 1. The van der Waals surface area contributed by atoms with E-state index in [-0.39, 0.29) is 18.1 Å². The first-order valence-corrected chi connectivity index (χ1v) is 12.1. The lowest BCUT2D eigenvalue weighted by molar-refractivity contribution is -0.149. The van der Waals surface area contributed by atoms with Crippen molar-refractivity contribution in [3.63, 3.8) is 0 Å². The van der Waals surface area contributed by atoms with Crippen molar-refractivity contribution < 1.29 is 14.3 Å². The van der Waals surface area contributed by atoms with Crippen LogP contribution in [0.5, 0.6) is 0 Å². The van der Waals surface area contributed by atoms with Crippen LogP contribution in [0.3, 0.4) is 0 Å². The summed E-state index contributed by atoms with van der Waals surface area (Å²) in [5.74, 6) is -0.264. The number of nitrogen functional groups attached to an aromatic ring is 1. The van der Waals surface area contributed by atoms with Crippen LogP contribution in [0.2, 0.25) is 0 Å². The Morgan fingerprint density at radius 3 is 2.82 bits per heavy atom. The SMILES string of the molecule is COC1C[C@@H](c2ccc3scnc3c2)N(C(=O)C(=O)Nc2cnc(N)c(C3CC3)c2)C[C@@H]1C. The van der Waals surface area contributed by atoms with Crippen LogP contribution in [0.1, 0.15) is 49.3 Å². The molecule has 5 rings (SSSR count). The number of fused-ring (bicyclic) bond motifs is 1. The van der Waals surface area contributed by atoms with Crippen LogP contribution in [0.15, 0.2) is 36.0 Å². The van der Waals surface area contributed by atoms with Crippen LogP contribution in [-0.4, -0.2) is 46.4 Å². The van der Waals surface area contributed by atoms with Crippen LogP contribution >= 0.6 is 11.3 Å². The van der Waals surface area contributed by atoms with E-state index in [0.29, 0.717) is 30.4 Å². The lowest BCUT2D eigenvalue weighted by Gasteiger charge is -2.42. The summed E-state index contributed by atoms with van der Waals surface area (Å²) in [4.78, 5) is 36.6. The molecule has 0 spiro atoms. The van der Waals surface area contributed by atoms with Gasteiger partial charge in [0.15, 0.2) is 0 Å². The number of hydrogen-bond acceptors (Lipinski definition) is 7. The molecule has 2 aromatic heterocycles. The minimum atomic E-state index is -0.675. The molecule has 172 valence electrons. The maximum Gasteiger partial charge on any atom is 0.313 e. The molecule has 1 aliphatic carbocycles. The van der Waals surface area contributed by atoms with Gasteiger partial charge in [-0.15, -0.1) is 11.3 Å². The topological polar surface area (TPSA) is 110 Å². The van der Waals surface area contributed by atoms with Crippen molar-refractivity contribution in [1.82, 2.24) is 14.9 Å². The molecule has 3 N–H and O–H groups in total. The number of ether oxygens (including phenoxy) is 1. The molecule has 0 bridgehead atoms. The molecule has 3 aromatic rings. The lowest BCUT2D eigenvalue weighted by atomic mass is 9.87. The van der Waals surface area contributed by atoms with Gasteiger partial charge in [0, 0.05) is 19.6 Å². The van der Waals surface area contributed by atoms with Gasteiger partial charge in [0.1, 0.15) is 5.82 Å². The summed E-state index contributed by atoms with van der Waals surface area (Å²) in [6.45, 7) is 2.47. The summed E-state index contributed by atoms with van der Waals surface area (Å²) < 4.78 is 6.78. The summed E-state index contributed by atoms with van der Waals surface area (Å²) in [7, 11) is 1.69. The highest BCUT2D eigenvalue weighted by molar-refractivity contribution is 7.16. The number of pyridine rings is 1. The molecule has 1 unspecified atom stereocenters. The zero-order chi connectivity index (χ0) is 23.1. The van der Waals surface area contributed by atoms with Gasteiger partial charge in [-0.1, -0.05) is 13.0 Å². The van der Waals surface area contributed by atoms with Gasteiger partial charge >= 0.3 is 11.8 Å². The fraction of sp³-hybridized carbons (Fsp3) is 0.417. The molecule has 2 aliphatic rings. The number of methoxy groups -OCH3 is 1. The predicted molar refractivity (Wildman–Crippen MR) is 128 cm³/mol. The molecule has 1 saturated heterocycles. The first kappa shape index (κ1) is 21.8. The largest absolute Gasteiger partial charge is 0.383 e. The smallest absolute Gasteiger partial charge is 0.313 e. The Labute approximate surface area is 196 Å². The summed E-state index contributed by atoms with van der Waals surface area (Å²) >= 11 is 1.57. The molecular weight excluding hydrogens is 438 g/mol. The molecule has 2 fully saturated rings.